The van der Waals surface area contributed by atoms with Crippen LogP contribution >= 0.6 is 0 Å². The minimum absolute atomic E-state index is 0.00331. The molecule has 0 radical (unpaired) electrons. The number of ether oxygens (including phenoxy) is 1. The third kappa shape index (κ3) is 3.70. The molecule has 0 amide bonds. The van der Waals surface area contributed by atoms with E-state index in [2.05, 4.69) is 32.8 Å². The molecule has 0 heterocycles. The Labute approximate surface area is 106 Å². The second-order valence-corrected chi connectivity index (χ2v) is 5.95. The quantitative estimate of drug-likeness (QED) is 0.709. The van der Waals surface area contributed by atoms with Gasteiger partial charge in [0.1, 0.15) is 0 Å². The maximum absolute atomic E-state index is 11.8. The zero-order valence-electron chi connectivity index (χ0n) is 12.0. The average Bonchev–Trinajstić information content (AvgIpc) is 2.15. The Balaban J connectivity index is 2.77. The van der Waals surface area contributed by atoms with Gasteiger partial charge in [-0.1, -0.05) is 13.8 Å². The maximum atomic E-state index is 11.8. The molecule has 1 aliphatic carbocycles. The van der Waals surface area contributed by atoms with E-state index in [1.807, 2.05) is 6.92 Å². The fourth-order valence-corrected chi connectivity index (χ4v) is 3.38. The standard InChI is InChI=1S/C14H27NO2/c1-6-17-13(16)10-14(15(4)5)8-11(2)7-12(3)9-14/h11-12H,6-10H2,1-5H3. The third-order valence-corrected chi connectivity index (χ3v) is 3.99. The fraction of sp³-hybridized carbons (Fsp3) is 0.929. The van der Waals surface area contributed by atoms with Gasteiger partial charge < -0.3 is 9.64 Å². The first kappa shape index (κ1) is 14.5. The van der Waals surface area contributed by atoms with Gasteiger partial charge in [-0.3, -0.25) is 4.79 Å². The molecule has 0 saturated heterocycles. The van der Waals surface area contributed by atoms with Gasteiger partial charge in [0.15, 0.2) is 0 Å². The van der Waals surface area contributed by atoms with E-state index in [9.17, 15) is 4.79 Å². The molecule has 0 bridgehead atoms. The molecule has 17 heavy (non-hydrogen) atoms. The molecule has 0 N–H and O–H groups in total. The fourth-order valence-electron chi connectivity index (χ4n) is 3.38. The summed E-state index contributed by atoms with van der Waals surface area (Å²) in [5.41, 5.74) is 0.00331. The van der Waals surface area contributed by atoms with Crippen molar-refractivity contribution in [3.63, 3.8) is 0 Å². The Morgan fingerprint density at radius 3 is 2.24 bits per heavy atom. The predicted molar refractivity (Wildman–Crippen MR) is 69.8 cm³/mol. The Morgan fingerprint density at radius 1 is 1.29 bits per heavy atom. The zero-order chi connectivity index (χ0) is 13.1. The molecule has 0 spiro atoms. The Kier molecular flexibility index (Phi) is 4.99. The maximum Gasteiger partial charge on any atom is 0.307 e. The highest BCUT2D eigenvalue weighted by Crippen LogP contribution is 2.41. The van der Waals surface area contributed by atoms with E-state index in [1.165, 1.54) is 6.42 Å². The van der Waals surface area contributed by atoms with Gasteiger partial charge in [0, 0.05) is 5.54 Å². The van der Waals surface area contributed by atoms with Crippen molar-refractivity contribution in [3.05, 3.63) is 0 Å². The van der Waals surface area contributed by atoms with Crippen LogP contribution in [0.15, 0.2) is 0 Å². The summed E-state index contributed by atoms with van der Waals surface area (Å²) in [4.78, 5) is 14.0. The SMILES string of the molecule is CCOC(=O)CC1(N(C)C)CC(C)CC(C)C1. The average molecular weight is 241 g/mol. The summed E-state index contributed by atoms with van der Waals surface area (Å²) in [5.74, 6) is 1.33. The molecule has 0 aromatic heterocycles. The number of rotatable bonds is 4. The first-order valence-electron chi connectivity index (χ1n) is 6.72. The molecular weight excluding hydrogens is 214 g/mol. The van der Waals surface area contributed by atoms with Crippen molar-refractivity contribution >= 4 is 5.97 Å². The highest BCUT2D eigenvalue weighted by atomic mass is 16.5. The molecule has 0 aliphatic heterocycles. The molecule has 1 fully saturated rings. The minimum Gasteiger partial charge on any atom is -0.466 e. The molecule has 0 aromatic rings. The van der Waals surface area contributed by atoms with Crippen molar-refractivity contribution in [1.82, 2.24) is 4.90 Å². The second-order valence-electron chi connectivity index (χ2n) is 5.95. The lowest BCUT2D eigenvalue weighted by molar-refractivity contribution is -0.147. The summed E-state index contributed by atoms with van der Waals surface area (Å²) in [6.45, 7) is 6.93. The molecule has 3 heteroatoms. The van der Waals surface area contributed by atoms with E-state index in [-0.39, 0.29) is 11.5 Å². The van der Waals surface area contributed by atoms with E-state index in [0.717, 1.165) is 12.8 Å². The number of nitrogens with zero attached hydrogens (tertiary/aromatic N) is 1. The summed E-state index contributed by atoms with van der Waals surface area (Å²) < 4.78 is 5.12. The highest BCUT2D eigenvalue weighted by molar-refractivity contribution is 5.71. The summed E-state index contributed by atoms with van der Waals surface area (Å²) in [7, 11) is 4.17. The molecule has 1 rings (SSSR count). The van der Waals surface area contributed by atoms with Crippen LogP contribution in [0.2, 0.25) is 0 Å². The summed E-state index contributed by atoms with van der Waals surface area (Å²) in [6.07, 6.45) is 4.01. The van der Waals surface area contributed by atoms with Gasteiger partial charge in [-0.25, -0.2) is 0 Å². The topological polar surface area (TPSA) is 29.5 Å². The van der Waals surface area contributed by atoms with Crippen molar-refractivity contribution in [2.45, 2.75) is 52.0 Å². The van der Waals surface area contributed by atoms with Crippen LogP contribution in [0.3, 0.4) is 0 Å². The third-order valence-electron chi connectivity index (χ3n) is 3.99. The van der Waals surface area contributed by atoms with Crippen LogP contribution in [0.4, 0.5) is 0 Å². The van der Waals surface area contributed by atoms with Crippen molar-refractivity contribution in [2.24, 2.45) is 11.8 Å². The van der Waals surface area contributed by atoms with Gasteiger partial charge in [0.2, 0.25) is 0 Å². The van der Waals surface area contributed by atoms with E-state index in [0.29, 0.717) is 24.9 Å². The van der Waals surface area contributed by atoms with Crippen LogP contribution in [-0.2, 0) is 9.53 Å². The minimum atomic E-state index is -0.0532. The molecule has 2 unspecified atom stereocenters. The van der Waals surface area contributed by atoms with Gasteiger partial charge >= 0.3 is 5.97 Å². The number of hydrogen-bond donors (Lipinski definition) is 0. The first-order chi connectivity index (χ1) is 7.89. The van der Waals surface area contributed by atoms with Crippen LogP contribution in [0.5, 0.6) is 0 Å². The number of hydrogen-bond acceptors (Lipinski definition) is 3. The van der Waals surface area contributed by atoms with Gasteiger partial charge in [0.05, 0.1) is 13.0 Å². The first-order valence-corrected chi connectivity index (χ1v) is 6.72. The van der Waals surface area contributed by atoms with Crippen LogP contribution in [0.1, 0.15) is 46.5 Å². The molecule has 0 aromatic carbocycles. The van der Waals surface area contributed by atoms with Crippen molar-refractivity contribution < 1.29 is 9.53 Å². The van der Waals surface area contributed by atoms with Crippen molar-refractivity contribution in [2.75, 3.05) is 20.7 Å². The number of carbonyl (C=O) groups is 1. The van der Waals surface area contributed by atoms with E-state index in [4.69, 9.17) is 4.74 Å². The Bertz CT molecular complexity index is 253. The lowest BCUT2D eigenvalue weighted by atomic mass is 9.69. The van der Waals surface area contributed by atoms with Gasteiger partial charge in [0.25, 0.3) is 0 Å². The van der Waals surface area contributed by atoms with Crippen LogP contribution in [0, 0.1) is 11.8 Å². The van der Waals surface area contributed by atoms with Crippen molar-refractivity contribution in [3.8, 4) is 0 Å². The normalized spacial score (nSPS) is 33.8. The largest absolute Gasteiger partial charge is 0.466 e. The van der Waals surface area contributed by atoms with Crippen LogP contribution in [0.25, 0.3) is 0 Å². The van der Waals surface area contributed by atoms with Crippen molar-refractivity contribution in [1.29, 1.82) is 0 Å². The summed E-state index contributed by atoms with van der Waals surface area (Å²) in [5, 5.41) is 0. The predicted octanol–water partition coefficient (Wildman–Crippen LogP) is 2.70. The van der Waals surface area contributed by atoms with Crippen LogP contribution < -0.4 is 0 Å². The lowest BCUT2D eigenvalue weighted by Gasteiger charge is -2.47. The zero-order valence-corrected chi connectivity index (χ0v) is 12.0. The van der Waals surface area contributed by atoms with E-state index < -0.39 is 0 Å². The number of carbonyl (C=O) groups excluding carboxylic acids is 1. The smallest absolute Gasteiger partial charge is 0.307 e. The second kappa shape index (κ2) is 5.85. The van der Waals surface area contributed by atoms with Gasteiger partial charge in [-0.05, 0) is 52.1 Å². The monoisotopic (exact) mass is 241 g/mol. The van der Waals surface area contributed by atoms with E-state index in [1.54, 1.807) is 0 Å². The van der Waals surface area contributed by atoms with Crippen LogP contribution in [-0.4, -0.2) is 37.1 Å². The summed E-state index contributed by atoms with van der Waals surface area (Å²) in [6, 6.07) is 0. The molecule has 100 valence electrons. The molecule has 1 aliphatic rings. The molecule has 2 atom stereocenters. The Morgan fingerprint density at radius 2 is 1.82 bits per heavy atom. The van der Waals surface area contributed by atoms with Gasteiger partial charge in [-0.15, -0.1) is 0 Å². The van der Waals surface area contributed by atoms with Gasteiger partial charge in [-0.2, -0.15) is 0 Å². The molecule has 1 saturated carbocycles. The van der Waals surface area contributed by atoms with E-state index >= 15 is 0 Å². The molecular formula is C14H27NO2. The summed E-state index contributed by atoms with van der Waals surface area (Å²) >= 11 is 0. The Hall–Kier alpha value is -0.570. The lowest BCUT2D eigenvalue weighted by Crippen LogP contribution is -2.51. The highest BCUT2D eigenvalue weighted by Gasteiger charge is 2.41. The molecule has 3 nitrogen and oxygen atoms in total. The number of esters is 1.